The first-order valence-electron chi connectivity index (χ1n) is 7.14. The molecule has 1 amide bonds. The average molecular weight is 259 g/mol. The molecular weight excluding hydrogens is 238 g/mol. The molecule has 1 atom stereocenters. The number of nitrogens with zero attached hydrogens (tertiary/aromatic N) is 1. The van der Waals surface area contributed by atoms with Crippen molar-refractivity contribution >= 4 is 5.91 Å². The lowest BCUT2D eigenvalue weighted by Gasteiger charge is -2.30. The first kappa shape index (κ1) is 12.6. The van der Waals surface area contributed by atoms with Crippen LogP contribution in [-0.4, -0.2) is 43.5 Å². The minimum absolute atomic E-state index is 0.0111. The van der Waals surface area contributed by atoms with E-state index in [0.29, 0.717) is 0 Å². The van der Waals surface area contributed by atoms with E-state index < -0.39 is 0 Å². The first-order chi connectivity index (χ1) is 9.36. The zero-order valence-electron chi connectivity index (χ0n) is 11.2. The van der Waals surface area contributed by atoms with E-state index in [2.05, 4.69) is 22.8 Å². The second-order valence-corrected chi connectivity index (χ2v) is 5.31. The van der Waals surface area contributed by atoms with Gasteiger partial charge < -0.3 is 15.5 Å². The van der Waals surface area contributed by atoms with Crippen LogP contribution in [0.4, 0.5) is 0 Å². The summed E-state index contributed by atoms with van der Waals surface area (Å²) in [6.45, 7) is 5.28. The van der Waals surface area contributed by atoms with E-state index in [4.69, 9.17) is 0 Å². The summed E-state index contributed by atoms with van der Waals surface area (Å²) in [6.07, 6.45) is 1.05. The van der Waals surface area contributed by atoms with Crippen molar-refractivity contribution in [2.24, 2.45) is 0 Å². The van der Waals surface area contributed by atoms with Crippen molar-refractivity contribution in [3.05, 3.63) is 35.4 Å². The van der Waals surface area contributed by atoms with Gasteiger partial charge in [-0.3, -0.25) is 4.79 Å². The third kappa shape index (κ3) is 2.65. The quantitative estimate of drug-likeness (QED) is 0.780. The van der Waals surface area contributed by atoms with Crippen molar-refractivity contribution in [1.29, 1.82) is 0 Å². The average Bonchev–Trinajstić information content (AvgIpc) is 2.75. The Morgan fingerprint density at radius 2 is 2.05 bits per heavy atom. The van der Waals surface area contributed by atoms with Gasteiger partial charge in [-0.15, -0.1) is 0 Å². The number of rotatable bonds is 1. The zero-order valence-corrected chi connectivity index (χ0v) is 11.2. The normalized spacial score (nSPS) is 23.6. The fourth-order valence-corrected chi connectivity index (χ4v) is 3.00. The Morgan fingerprint density at radius 1 is 1.16 bits per heavy atom. The summed E-state index contributed by atoms with van der Waals surface area (Å²) in [7, 11) is 0. The van der Waals surface area contributed by atoms with Crippen LogP contribution in [0.5, 0.6) is 0 Å². The van der Waals surface area contributed by atoms with Crippen molar-refractivity contribution < 1.29 is 4.79 Å². The van der Waals surface area contributed by atoms with Crippen molar-refractivity contribution in [3.8, 4) is 0 Å². The van der Waals surface area contributed by atoms with Crippen LogP contribution in [0.3, 0.4) is 0 Å². The molecule has 0 saturated carbocycles. The molecule has 0 bridgehead atoms. The second-order valence-electron chi connectivity index (χ2n) is 5.31. The number of hydrogen-bond acceptors (Lipinski definition) is 3. The maximum atomic E-state index is 12.7. The van der Waals surface area contributed by atoms with Crippen molar-refractivity contribution in [1.82, 2.24) is 15.5 Å². The van der Waals surface area contributed by atoms with Crippen molar-refractivity contribution in [3.63, 3.8) is 0 Å². The van der Waals surface area contributed by atoms with Gasteiger partial charge >= 0.3 is 0 Å². The van der Waals surface area contributed by atoms with Gasteiger partial charge in [-0.25, -0.2) is 0 Å². The van der Waals surface area contributed by atoms with Gasteiger partial charge in [-0.05, 0) is 24.1 Å². The predicted octanol–water partition coefficient (Wildman–Crippen LogP) is 0.695. The Balaban J connectivity index is 1.80. The van der Waals surface area contributed by atoms with Gasteiger partial charge in [-0.2, -0.15) is 0 Å². The minimum atomic E-state index is -0.0111. The van der Waals surface area contributed by atoms with Gasteiger partial charge in [0, 0.05) is 32.7 Å². The molecule has 2 aliphatic rings. The topological polar surface area (TPSA) is 44.4 Å². The number of amides is 1. The van der Waals surface area contributed by atoms with E-state index in [1.165, 1.54) is 11.1 Å². The molecule has 1 saturated heterocycles. The molecule has 0 radical (unpaired) electrons. The summed E-state index contributed by atoms with van der Waals surface area (Å²) < 4.78 is 0. The Labute approximate surface area is 114 Å². The Hall–Kier alpha value is -1.39. The van der Waals surface area contributed by atoms with Crippen LogP contribution in [0.2, 0.25) is 0 Å². The molecule has 1 unspecified atom stereocenters. The molecule has 3 rings (SSSR count). The zero-order chi connectivity index (χ0) is 13.1. The molecule has 19 heavy (non-hydrogen) atoms. The van der Waals surface area contributed by atoms with Crippen LogP contribution < -0.4 is 10.6 Å². The van der Waals surface area contributed by atoms with E-state index in [9.17, 15) is 4.79 Å². The van der Waals surface area contributed by atoms with E-state index in [-0.39, 0.29) is 11.8 Å². The van der Waals surface area contributed by atoms with Crippen LogP contribution in [0.1, 0.15) is 23.5 Å². The van der Waals surface area contributed by atoms with Gasteiger partial charge in [0.1, 0.15) is 0 Å². The summed E-state index contributed by atoms with van der Waals surface area (Å²) in [4.78, 5) is 14.7. The molecule has 1 aromatic carbocycles. The van der Waals surface area contributed by atoms with Gasteiger partial charge in [0.05, 0.1) is 5.92 Å². The van der Waals surface area contributed by atoms with Gasteiger partial charge in [0.2, 0.25) is 5.91 Å². The lowest BCUT2D eigenvalue weighted by molar-refractivity contribution is -0.132. The van der Waals surface area contributed by atoms with E-state index in [1.54, 1.807) is 0 Å². The molecule has 102 valence electrons. The standard InChI is InChI=1S/C15H21N3O/c19-15(18-8-3-6-16-7-9-18)14-11-17-10-12-4-1-2-5-13(12)14/h1-2,4-5,14,16-17H,3,6-11H2. The van der Waals surface area contributed by atoms with Gasteiger partial charge in [-0.1, -0.05) is 24.3 Å². The largest absolute Gasteiger partial charge is 0.341 e. The molecular formula is C15H21N3O. The van der Waals surface area contributed by atoms with Crippen LogP contribution >= 0.6 is 0 Å². The summed E-state index contributed by atoms with van der Waals surface area (Å²) in [6, 6.07) is 8.30. The second kappa shape index (κ2) is 5.72. The number of fused-ring (bicyclic) bond motifs is 1. The highest BCUT2D eigenvalue weighted by atomic mass is 16.2. The molecule has 1 aromatic rings. The third-order valence-electron chi connectivity index (χ3n) is 4.04. The lowest BCUT2D eigenvalue weighted by atomic mass is 9.90. The third-order valence-corrected chi connectivity index (χ3v) is 4.04. The number of hydrogen-bond donors (Lipinski definition) is 2. The molecule has 1 fully saturated rings. The number of benzene rings is 1. The van der Waals surface area contributed by atoms with Crippen LogP contribution in [0, 0.1) is 0 Å². The van der Waals surface area contributed by atoms with Crippen LogP contribution in [-0.2, 0) is 11.3 Å². The smallest absolute Gasteiger partial charge is 0.231 e. The van der Waals surface area contributed by atoms with E-state index >= 15 is 0 Å². The maximum absolute atomic E-state index is 12.7. The van der Waals surface area contributed by atoms with E-state index in [1.807, 2.05) is 17.0 Å². The highest BCUT2D eigenvalue weighted by Gasteiger charge is 2.29. The van der Waals surface area contributed by atoms with Crippen molar-refractivity contribution in [2.75, 3.05) is 32.7 Å². The summed E-state index contributed by atoms with van der Waals surface area (Å²) >= 11 is 0. The monoisotopic (exact) mass is 259 g/mol. The molecule has 0 aromatic heterocycles. The number of carbonyl (C=O) groups excluding carboxylic acids is 1. The van der Waals surface area contributed by atoms with Gasteiger partial charge in [0.15, 0.2) is 0 Å². The molecule has 0 spiro atoms. The van der Waals surface area contributed by atoms with Gasteiger partial charge in [0.25, 0.3) is 0 Å². The van der Waals surface area contributed by atoms with Crippen molar-refractivity contribution in [2.45, 2.75) is 18.9 Å². The fraction of sp³-hybridized carbons (Fsp3) is 0.533. The summed E-state index contributed by atoms with van der Waals surface area (Å²) in [5.74, 6) is 0.270. The Morgan fingerprint density at radius 3 is 3.00 bits per heavy atom. The highest BCUT2D eigenvalue weighted by molar-refractivity contribution is 5.84. The SMILES string of the molecule is O=C(C1CNCc2ccccc21)N1CCCNCC1. The Kier molecular flexibility index (Phi) is 3.80. The van der Waals surface area contributed by atoms with E-state index in [0.717, 1.165) is 45.7 Å². The summed E-state index contributed by atoms with van der Waals surface area (Å²) in [5, 5.41) is 6.71. The molecule has 2 heterocycles. The fourth-order valence-electron chi connectivity index (χ4n) is 3.00. The molecule has 4 heteroatoms. The molecule has 2 N–H and O–H groups in total. The van der Waals surface area contributed by atoms with Crippen LogP contribution in [0.15, 0.2) is 24.3 Å². The number of carbonyl (C=O) groups is 1. The molecule has 2 aliphatic heterocycles. The highest BCUT2D eigenvalue weighted by Crippen LogP contribution is 2.25. The maximum Gasteiger partial charge on any atom is 0.231 e. The summed E-state index contributed by atoms with van der Waals surface area (Å²) in [5.41, 5.74) is 2.48. The predicted molar refractivity (Wildman–Crippen MR) is 75.0 cm³/mol. The number of nitrogens with one attached hydrogen (secondary N) is 2. The Bertz CT molecular complexity index is 452. The lowest BCUT2D eigenvalue weighted by Crippen LogP contribution is -2.42. The first-order valence-corrected chi connectivity index (χ1v) is 7.14. The molecule has 0 aliphatic carbocycles. The minimum Gasteiger partial charge on any atom is -0.341 e. The van der Waals surface area contributed by atoms with Crippen LogP contribution in [0.25, 0.3) is 0 Å². The molecule has 4 nitrogen and oxygen atoms in total.